The molecular formula is C14H18N4. The third-order valence-electron chi connectivity index (χ3n) is 3.66. The molecule has 4 heteroatoms. The van der Waals surface area contributed by atoms with Crippen LogP contribution in [0.15, 0.2) is 24.4 Å². The predicted octanol–water partition coefficient (Wildman–Crippen LogP) is 2.55. The van der Waals surface area contributed by atoms with E-state index in [4.69, 9.17) is 0 Å². The highest BCUT2D eigenvalue weighted by atomic mass is 15.1. The third-order valence-corrected chi connectivity index (χ3v) is 3.66. The zero-order valence-corrected chi connectivity index (χ0v) is 10.8. The Hall–Kier alpha value is -1.68. The van der Waals surface area contributed by atoms with E-state index in [9.17, 15) is 0 Å². The average Bonchev–Trinajstić information content (AvgIpc) is 2.98. The lowest BCUT2D eigenvalue weighted by Crippen LogP contribution is -2.17. The summed E-state index contributed by atoms with van der Waals surface area (Å²) in [4.78, 5) is 6.83. The van der Waals surface area contributed by atoms with E-state index in [1.807, 2.05) is 19.2 Å². The van der Waals surface area contributed by atoms with E-state index < -0.39 is 0 Å². The minimum absolute atomic E-state index is 0.534. The second-order valence-corrected chi connectivity index (χ2v) is 5.05. The van der Waals surface area contributed by atoms with E-state index in [2.05, 4.69) is 39.3 Å². The summed E-state index contributed by atoms with van der Waals surface area (Å²) in [5, 5.41) is 7.24. The molecule has 3 rings (SSSR count). The van der Waals surface area contributed by atoms with Gasteiger partial charge < -0.3 is 0 Å². The molecule has 0 spiro atoms. The van der Waals surface area contributed by atoms with E-state index in [0.29, 0.717) is 6.04 Å². The first-order valence-electron chi connectivity index (χ1n) is 6.42. The molecule has 1 saturated heterocycles. The molecule has 1 unspecified atom stereocenters. The van der Waals surface area contributed by atoms with Gasteiger partial charge in [-0.25, -0.2) is 0 Å². The molecule has 2 aromatic rings. The van der Waals surface area contributed by atoms with Crippen LogP contribution in [-0.4, -0.2) is 33.7 Å². The number of aromatic amines is 1. The molecule has 2 aromatic heterocycles. The lowest BCUT2D eigenvalue weighted by molar-refractivity contribution is 0.317. The maximum absolute atomic E-state index is 4.42. The van der Waals surface area contributed by atoms with Gasteiger partial charge in [-0.3, -0.25) is 15.0 Å². The van der Waals surface area contributed by atoms with Gasteiger partial charge in [0.15, 0.2) is 0 Å². The fraction of sp³-hybridized carbons (Fsp3) is 0.429. The van der Waals surface area contributed by atoms with Gasteiger partial charge in [0.1, 0.15) is 5.69 Å². The van der Waals surface area contributed by atoms with E-state index >= 15 is 0 Å². The van der Waals surface area contributed by atoms with Crippen molar-refractivity contribution >= 4 is 0 Å². The molecule has 94 valence electrons. The van der Waals surface area contributed by atoms with Crippen molar-refractivity contribution in [2.75, 3.05) is 13.6 Å². The van der Waals surface area contributed by atoms with Gasteiger partial charge in [0.05, 0.1) is 5.69 Å². The zero-order valence-electron chi connectivity index (χ0n) is 10.8. The number of aromatic nitrogens is 3. The maximum Gasteiger partial charge on any atom is 0.111 e. The smallest absolute Gasteiger partial charge is 0.111 e. The molecule has 0 amide bonds. The number of pyridine rings is 1. The molecule has 1 aliphatic rings. The van der Waals surface area contributed by atoms with E-state index in [0.717, 1.165) is 17.1 Å². The monoisotopic (exact) mass is 242 g/mol. The van der Waals surface area contributed by atoms with Gasteiger partial charge in [0.25, 0.3) is 0 Å². The Morgan fingerprint density at radius 2 is 2.22 bits per heavy atom. The molecule has 0 saturated carbocycles. The van der Waals surface area contributed by atoms with E-state index in [-0.39, 0.29) is 0 Å². The van der Waals surface area contributed by atoms with Crippen LogP contribution < -0.4 is 0 Å². The van der Waals surface area contributed by atoms with Gasteiger partial charge >= 0.3 is 0 Å². The maximum atomic E-state index is 4.42. The Morgan fingerprint density at radius 3 is 2.89 bits per heavy atom. The average molecular weight is 242 g/mol. The van der Waals surface area contributed by atoms with Gasteiger partial charge in [-0.15, -0.1) is 0 Å². The van der Waals surface area contributed by atoms with Crippen molar-refractivity contribution in [1.29, 1.82) is 0 Å². The fourth-order valence-electron chi connectivity index (χ4n) is 2.67. The second kappa shape index (κ2) is 4.53. The molecule has 0 aromatic carbocycles. The van der Waals surface area contributed by atoms with Crippen molar-refractivity contribution in [2.45, 2.75) is 25.8 Å². The predicted molar refractivity (Wildman–Crippen MR) is 71.2 cm³/mol. The van der Waals surface area contributed by atoms with Crippen LogP contribution in [-0.2, 0) is 0 Å². The number of hydrogen-bond acceptors (Lipinski definition) is 3. The van der Waals surface area contributed by atoms with Crippen molar-refractivity contribution in [1.82, 2.24) is 20.1 Å². The first kappa shape index (κ1) is 11.4. The van der Waals surface area contributed by atoms with Crippen molar-refractivity contribution in [2.24, 2.45) is 0 Å². The van der Waals surface area contributed by atoms with Crippen LogP contribution in [0.2, 0.25) is 0 Å². The van der Waals surface area contributed by atoms with Crippen LogP contribution >= 0.6 is 0 Å². The summed E-state index contributed by atoms with van der Waals surface area (Å²) in [5.41, 5.74) is 4.29. The van der Waals surface area contributed by atoms with Gasteiger partial charge in [0, 0.05) is 17.9 Å². The Labute approximate surface area is 107 Å². The second-order valence-electron chi connectivity index (χ2n) is 5.05. The molecule has 0 aliphatic carbocycles. The van der Waals surface area contributed by atoms with Crippen LogP contribution in [0.25, 0.3) is 11.4 Å². The van der Waals surface area contributed by atoms with E-state index in [1.165, 1.54) is 24.9 Å². The van der Waals surface area contributed by atoms with Crippen molar-refractivity contribution in [3.8, 4) is 11.4 Å². The molecule has 4 nitrogen and oxygen atoms in total. The van der Waals surface area contributed by atoms with Gasteiger partial charge in [-0.2, -0.15) is 5.10 Å². The highest BCUT2D eigenvalue weighted by Gasteiger charge is 2.22. The minimum atomic E-state index is 0.534. The number of likely N-dealkylation sites (tertiary alicyclic amines) is 1. The molecule has 1 fully saturated rings. The molecule has 18 heavy (non-hydrogen) atoms. The first-order chi connectivity index (χ1) is 8.74. The van der Waals surface area contributed by atoms with Crippen molar-refractivity contribution in [3.05, 3.63) is 35.7 Å². The van der Waals surface area contributed by atoms with E-state index in [1.54, 1.807) is 0 Å². The van der Waals surface area contributed by atoms with Crippen LogP contribution in [0.1, 0.15) is 30.1 Å². The molecule has 3 heterocycles. The molecule has 0 bridgehead atoms. The Balaban J connectivity index is 1.94. The Kier molecular flexibility index (Phi) is 2.88. The fourth-order valence-corrected chi connectivity index (χ4v) is 2.67. The Morgan fingerprint density at radius 1 is 1.33 bits per heavy atom. The molecule has 1 atom stereocenters. The Bertz CT molecular complexity index is 546. The summed E-state index contributed by atoms with van der Waals surface area (Å²) in [7, 11) is 2.19. The van der Waals surface area contributed by atoms with Gasteiger partial charge in [-0.05, 0) is 57.1 Å². The third kappa shape index (κ3) is 2.04. The lowest BCUT2D eigenvalue weighted by atomic mass is 10.0. The summed E-state index contributed by atoms with van der Waals surface area (Å²) in [6, 6.07) is 6.86. The highest BCUT2D eigenvalue weighted by molar-refractivity contribution is 5.55. The minimum Gasteiger partial charge on any atom is -0.299 e. The molecule has 0 radical (unpaired) electrons. The SMILES string of the molecule is Cc1cc(-c2cc(C3CCCN3C)ccn2)n[nH]1. The number of rotatable bonds is 2. The van der Waals surface area contributed by atoms with Crippen LogP contribution in [0.4, 0.5) is 0 Å². The largest absolute Gasteiger partial charge is 0.299 e. The summed E-state index contributed by atoms with van der Waals surface area (Å²) < 4.78 is 0. The molecular weight excluding hydrogens is 224 g/mol. The van der Waals surface area contributed by atoms with Crippen LogP contribution in [0, 0.1) is 6.92 Å². The van der Waals surface area contributed by atoms with Gasteiger partial charge in [0.2, 0.25) is 0 Å². The topological polar surface area (TPSA) is 44.8 Å². The number of aryl methyl sites for hydroxylation is 1. The number of H-pyrrole nitrogens is 1. The van der Waals surface area contributed by atoms with Gasteiger partial charge in [-0.1, -0.05) is 0 Å². The zero-order chi connectivity index (χ0) is 12.5. The highest BCUT2D eigenvalue weighted by Crippen LogP contribution is 2.31. The summed E-state index contributed by atoms with van der Waals surface area (Å²) in [5.74, 6) is 0. The summed E-state index contributed by atoms with van der Waals surface area (Å²) in [6.45, 7) is 3.19. The number of nitrogens with one attached hydrogen (secondary N) is 1. The summed E-state index contributed by atoms with van der Waals surface area (Å²) >= 11 is 0. The molecule has 1 aliphatic heterocycles. The number of nitrogens with zero attached hydrogens (tertiary/aromatic N) is 3. The van der Waals surface area contributed by atoms with Crippen molar-refractivity contribution in [3.63, 3.8) is 0 Å². The number of hydrogen-bond donors (Lipinski definition) is 1. The first-order valence-corrected chi connectivity index (χ1v) is 6.42. The quantitative estimate of drug-likeness (QED) is 0.880. The van der Waals surface area contributed by atoms with Crippen molar-refractivity contribution < 1.29 is 0 Å². The molecule has 1 N–H and O–H groups in total. The normalized spacial score (nSPS) is 20.4. The van der Waals surface area contributed by atoms with Crippen LogP contribution in [0.5, 0.6) is 0 Å². The standard InChI is InChI=1S/C14H18N4/c1-10-8-13(17-16-10)12-9-11(5-6-15-12)14-4-3-7-18(14)2/h5-6,8-9,14H,3-4,7H2,1-2H3,(H,16,17). The summed E-state index contributed by atoms with van der Waals surface area (Å²) in [6.07, 6.45) is 4.40. The lowest BCUT2D eigenvalue weighted by Gasteiger charge is -2.19. The van der Waals surface area contributed by atoms with Crippen LogP contribution in [0.3, 0.4) is 0 Å².